The third-order valence-electron chi connectivity index (χ3n) is 5.15. The fraction of sp³-hybridized carbons (Fsp3) is 0.154. The highest BCUT2D eigenvalue weighted by atomic mass is 32.1. The molecule has 0 aliphatic heterocycles. The van der Waals surface area contributed by atoms with E-state index in [0.717, 1.165) is 21.1 Å². The highest BCUT2D eigenvalue weighted by Crippen LogP contribution is 2.31. The van der Waals surface area contributed by atoms with Crippen LogP contribution in [0.5, 0.6) is 5.75 Å². The van der Waals surface area contributed by atoms with Crippen LogP contribution in [-0.4, -0.2) is 18.9 Å². The molecule has 4 aromatic rings. The van der Waals surface area contributed by atoms with Crippen LogP contribution in [0.2, 0.25) is 0 Å². The van der Waals surface area contributed by atoms with Crippen LogP contribution in [0.1, 0.15) is 21.4 Å². The number of carbonyl (C=O) groups excluding carboxylic acids is 2. The third kappa shape index (κ3) is 5.69. The smallest absolute Gasteiger partial charge is 0.248 e. The number of benzene rings is 2. The summed E-state index contributed by atoms with van der Waals surface area (Å²) >= 11 is 3.00. The van der Waals surface area contributed by atoms with Gasteiger partial charge in [0.2, 0.25) is 11.8 Å². The maximum Gasteiger partial charge on any atom is 0.248 e. The summed E-state index contributed by atoms with van der Waals surface area (Å²) in [5, 5.41) is 6.90. The molecule has 2 aromatic heterocycles. The van der Waals surface area contributed by atoms with Crippen molar-refractivity contribution >= 4 is 40.2 Å². The molecule has 7 heteroatoms. The molecular formula is C26H24N2O3S2. The number of hydrogen-bond acceptors (Lipinski definition) is 5. The lowest BCUT2D eigenvalue weighted by atomic mass is 10.1. The number of carbonyl (C=O) groups is 2. The quantitative estimate of drug-likeness (QED) is 0.349. The first kappa shape index (κ1) is 22.8. The van der Waals surface area contributed by atoms with E-state index in [-0.39, 0.29) is 18.2 Å². The van der Waals surface area contributed by atoms with Gasteiger partial charge in [0.05, 0.1) is 13.5 Å². The molecule has 2 amide bonds. The number of ether oxygens (including phenoxy) is 1. The highest BCUT2D eigenvalue weighted by Gasteiger charge is 2.33. The fourth-order valence-electron chi connectivity index (χ4n) is 3.52. The van der Waals surface area contributed by atoms with Gasteiger partial charge in [-0.3, -0.25) is 14.5 Å². The van der Waals surface area contributed by atoms with Crippen molar-refractivity contribution in [3.63, 3.8) is 0 Å². The number of amides is 2. The molecule has 2 aromatic carbocycles. The number of para-hydroxylation sites is 1. The lowest BCUT2D eigenvalue weighted by Crippen LogP contribution is -2.44. The Morgan fingerprint density at radius 3 is 2.27 bits per heavy atom. The van der Waals surface area contributed by atoms with Gasteiger partial charge in [0.15, 0.2) is 0 Å². The molecular weight excluding hydrogens is 452 g/mol. The van der Waals surface area contributed by atoms with Gasteiger partial charge in [-0.15, -0.1) is 22.7 Å². The van der Waals surface area contributed by atoms with Gasteiger partial charge < -0.3 is 10.1 Å². The van der Waals surface area contributed by atoms with Gasteiger partial charge in [-0.05, 0) is 52.7 Å². The molecule has 33 heavy (non-hydrogen) atoms. The summed E-state index contributed by atoms with van der Waals surface area (Å²) in [4.78, 5) is 30.5. The zero-order valence-electron chi connectivity index (χ0n) is 18.1. The first-order chi connectivity index (χ1) is 16.2. The topological polar surface area (TPSA) is 58.6 Å². The fourth-order valence-corrected chi connectivity index (χ4v) is 5.03. The average molecular weight is 477 g/mol. The molecule has 0 aliphatic rings. The number of thiophene rings is 2. The standard InChI is InChI=1S/C26H24N2O3S2/c1-31-21-13-11-19(12-14-21)18-27-26(30)25(23-10-6-16-33-23)28(20-7-3-2-4-8-20)24(29)17-22-9-5-15-32-22/h2-16,25H,17-18H2,1H3,(H,27,30). The maximum absolute atomic E-state index is 13.5. The SMILES string of the molecule is COc1ccc(CNC(=O)C(c2cccs2)N(C(=O)Cc2cccs2)c2ccccc2)cc1. The Bertz CT molecular complexity index is 1160. The van der Waals surface area contributed by atoms with Gasteiger partial charge in [-0.1, -0.05) is 42.5 Å². The van der Waals surface area contributed by atoms with Crippen LogP contribution in [0.25, 0.3) is 0 Å². The van der Waals surface area contributed by atoms with Crippen LogP contribution in [0.4, 0.5) is 5.69 Å². The Morgan fingerprint density at radius 1 is 0.909 bits per heavy atom. The third-order valence-corrected chi connectivity index (χ3v) is 6.95. The monoisotopic (exact) mass is 476 g/mol. The minimum Gasteiger partial charge on any atom is -0.497 e. The Morgan fingerprint density at radius 2 is 1.64 bits per heavy atom. The van der Waals surface area contributed by atoms with Crippen molar-refractivity contribution in [2.24, 2.45) is 0 Å². The molecule has 2 heterocycles. The lowest BCUT2D eigenvalue weighted by Gasteiger charge is -2.30. The van der Waals surface area contributed by atoms with E-state index >= 15 is 0 Å². The molecule has 0 saturated carbocycles. The van der Waals surface area contributed by atoms with Crippen LogP contribution in [0.3, 0.4) is 0 Å². The number of nitrogens with zero attached hydrogens (tertiary/aromatic N) is 1. The Balaban J connectivity index is 1.63. The number of hydrogen-bond donors (Lipinski definition) is 1. The van der Waals surface area contributed by atoms with Crippen molar-refractivity contribution in [3.8, 4) is 5.75 Å². The van der Waals surface area contributed by atoms with Crippen LogP contribution < -0.4 is 15.0 Å². The first-order valence-electron chi connectivity index (χ1n) is 10.5. The summed E-state index contributed by atoms with van der Waals surface area (Å²) < 4.78 is 5.20. The van der Waals surface area contributed by atoms with E-state index in [1.807, 2.05) is 89.6 Å². The van der Waals surface area contributed by atoms with Crippen molar-refractivity contribution in [1.29, 1.82) is 0 Å². The van der Waals surface area contributed by atoms with Crippen molar-refractivity contribution in [3.05, 3.63) is 105 Å². The van der Waals surface area contributed by atoms with E-state index in [2.05, 4.69) is 5.32 Å². The van der Waals surface area contributed by atoms with E-state index in [9.17, 15) is 9.59 Å². The second kappa shape index (κ2) is 10.9. The van der Waals surface area contributed by atoms with Crippen LogP contribution in [-0.2, 0) is 22.6 Å². The molecule has 0 saturated heterocycles. The van der Waals surface area contributed by atoms with Gasteiger partial charge in [0.25, 0.3) is 0 Å². The largest absolute Gasteiger partial charge is 0.497 e. The molecule has 168 valence electrons. The summed E-state index contributed by atoms with van der Waals surface area (Å²) in [7, 11) is 1.62. The predicted molar refractivity (Wildman–Crippen MR) is 134 cm³/mol. The van der Waals surface area contributed by atoms with Gasteiger partial charge in [0.1, 0.15) is 11.8 Å². The molecule has 0 radical (unpaired) electrons. The highest BCUT2D eigenvalue weighted by molar-refractivity contribution is 7.10. The van der Waals surface area contributed by atoms with Crippen LogP contribution >= 0.6 is 22.7 Å². The van der Waals surface area contributed by atoms with Crippen LogP contribution in [0, 0.1) is 0 Å². The van der Waals surface area contributed by atoms with E-state index in [1.165, 1.54) is 22.7 Å². The molecule has 5 nitrogen and oxygen atoms in total. The molecule has 1 unspecified atom stereocenters. The van der Waals surface area contributed by atoms with E-state index in [0.29, 0.717) is 12.2 Å². The van der Waals surface area contributed by atoms with E-state index < -0.39 is 6.04 Å². The zero-order valence-corrected chi connectivity index (χ0v) is 19.8. The average Bonchev–Trinajstić information content (AvgIpc) is 3.56. The number of anilines is 1. The number of methoxy groups -OCH3 is 1. The number of rotatable bonds is 9. The summed E-state index contributed by atoms with van der Waals surface area (Å²) in [5.74, 6) is 0.411. The van der Waals surface area contributed by atoms with Crippen molar-refractivity contribution < 1.29 is 14.3 Å². The molecule has 0 bridgehead atoms. The number of nitrogens with one attached hydrogen (secondary N) is 1. The molecule has 0 aliphatic carbocycles. The summed E-state index contributed by atoms with van der Waals surface area (Å²) in [6, 6.07) is 23.8. The Labute approximate surface area is 201 Å². The minimum atomic E-state index is -0.766. The van der Waals surface area contributed by atoms with Crippen molar-refractivity contribution in [2.75, 3.05) is 12.0 Å². The molecule has 1 atom stereocenters. The second-order valence-corrected chi connectivity index (χ2v) is 9.35. The maximum atomic E-state index is 13.5. The zero-order chi connectivity index (χ0) is 23.0. The summed E-state index contributed by atoms with van der Waals surface area (Å²) in [5.41, 5.74) is 1.64. The van der Waals surface area contributed by atoms with E-state index in [4.69, 9.17) is 4.74 Å². The second-order valence-electron chi connectivity index (χ2n) is 7.34. The van der Waals surface area contributed by atoms with E-state index in [1.54, 1.807) is 12.0 Å². The Kier molecular flexibility index (Phi) is 7.55. The molecule has 4 rings (SSSR count). The Hall–Kier alpha value is -3.42. The van der Waals surface area contributed by atoms with Gasteiger partial charge in [-0.2, -0.15) is 0 Å². The van der Waals surface area contributed by atoms with Crippen molar-refractivity contribution in [1.82, 2.24) is 5.32 Å². The van der Waals surface area contributed by atoms with Gasteiger partial charge in [0, 0.05) is 22.0 Å². The first-order valence-corrected chi connectivity index (χ1v) is 12.2. The van der Waals surface area contributed by atoms with Crippen molar-refractivity contribution in [2.45, 2.75) is 19.0 Å². The molecule has 0 spiro atoms. The normalized spacial score (nSPS) is 11.5. The lowest BCUT2D eigenvalue weighted by molar-refractivity contribution is -0.126. The summed E-state index contributed by atoms with van der Waals surface area (Å²) in [6.45, 7) is 0.354. The molecule has 0 fully saturated rings. The van der Waals surface area contributed by atoms with Gasteiger partial charge in [-0.25, -0.2) is 0 Å². The van der Waals surface area contributed by atoms with Gasteiger partial charge >= 0.3 is 0 Å². The molecule has 1 N–H and O–H groups in total. The summed E-state index contributed by atoms with van der Waals surface area (Å²) in [6.07, 6.45) is 0.236. The predicted octanol–water partition coefficient (Wildman–Crippen LogP) is 5.45. The minimum absolute atomic E-state index is 0.123. The van der Waals surface area contributed by atoms with Crippen LogP contribution in [0.15, 0.2) is 89.6 Å².